The summed E-state index contributed by atoms with van der Waals surface area (Å²) < 4.78 is 59.0. The van der Waals surface area contributed by atoms with E-state index in [0.29, 0.717) is 0 Å². The fourth-order valence-electron chi connectivity index (χ4n) is 2.71. The van der Waals surface area contributed by atoms with Crippen LogP contribution < -0.4 is 0 Å². The lowest BCUT2D eigenvalue weighted by Gasteiger charge is -2.10. The Morgan fingerprint density at radius 2 is 1.68 bits per heavy atom. The molecule has 0 bridgehead atoms. The second-order valence-corrected chi connectivity index (χ2v) is 6.03. The van der Waals surface area contributed by atoms with Gasteiger partial charge in [0.2, 0.25) is 0 Å². The molecular formula is C16H16F4O2. The van der Waals surface area contributed by atoms with Crippen molar-refractivity contribution in [3.8, 4) is 0 Å². The average molecular weight is 316 g/mol. The third-order valence-corrected chi connectivity index (χ3v) is 4.35. The summed E-state index contributed by atoms with van der Waals surface area (Å²) in [6.07, 6.45) is 1.61. The molecule has 0 N–H and O–H groups in total. The van der Waals surface area contributed by atoms with Crippen LogP contribution in [0.15, 0.2) is 12.7 Å². The van der Waals surface area contributed by atoms with E-state index in [0.717, 1.165) is 6.92 Å². The summed E-state index contributed by atoms with van der Waals surface area (Å²) in [6, 6.07) is 0. The SMILES string of the molecule is C=CC1C(C(=O)OCc2c(F)c(F)c(C)c(F)c2F)C1(C)C. The van der Waals surface area contributed by atoms with E-state index < -0.39 is 52.9 Å². The molecule has 0 spiro atoms. The van der Waals surface area contributed by atoms with Crippen molar-refractivity contribution in [1.29, 1.82) is 0 Å². The molecule has 2 unspecified atom stereocenters. The van der Waals surface area contributed by atoms with Crippen molar-refractivity contribution < 1.29 is 27.1 Å². The molecule has 0 aromatic heterocycles. The highest BCUT2D eigenvalue weighted by molar-refractivity contribution is 5.78. The van der Waals surface area contributed by atoms with Crippen LogP contribution in [0, 0.1) is 47.4 Å². The topological polar surface area (TPSA) is 26.3 Å². The molecule has 2 nitrogen and oxygen atoms in total. The molecule has 1 aliphatic rings. The maximum absolute atomic E-state index is 13.7. The average Bonchev–Trinajstić information content (AvgIpc) is 3.04. The van der Waals surface area contributed by atoms with Gasteiger partial charge in [0, 0.05) is 5.56 Å². The Kier molecular flexibility index (Phi) is 4.06. The van der Waals surface area contributed by atoms with E-state index >= 15 is 0 Å². The number of carbonyl (C=O) groups is 1. The van der Waals surface area contributed by atoms with Gasteiger partial charge in [0.1, 0.15) is 6.61 Å². The molecule has 1 fully saturated rings. The fourth-order valence-corrected chi connectivity index (χ4v) is 2.71. The molecule has 6 heteroatoms. The van der Waals surface area contributed by atoms with Crippen molar-refractivity contribution in [2.24, 2.45) is 17.3 Å². The number of ether oxygens (including phenoxy) is 1. The number of halogens is 4. The predicted molar refractivity (Wildman–Crippen MR) is 71.8 cm³/mol. The molecule has 1 saturated carbocycles. The Morgan fingerprint density at radius 3 is 2.09 bits per heavy atom. The highest BCUT2D eigenvalue weighted by Gasteiger charge is 2.61. The number of rotatable bonds is 4. The van der Waals surface area contributed by atoms with Crippen LogP contribution in [0.3, 0.4) is 0 Å². The Labute approximate surface area is 125 Å². The van der Waals surface area contributed by atoms with Gasteiger partial charge in [-0.1, -0.05) is 19.9 Å². The molecule has 1 aromatic carbocycles. The molecule has 0 aliphatic heterocycles. The van der Waals surface area contributed by atoms with E-state index in [9.17, 15) is 22.4 Å². The summed E-state index contributed by atoms with van der Waals surface area (Å²) in [7, 11) is 0. The fraction of sp³-hybridized carbons (Fsp3) is 0.438. The quantitative estimate of drug-likeness (QED) is 0.362. The van der Waals surface area contributed by atoms with Crippen molar-refractivity contribution in [3.05, 3.63) is 47.1 Å². The first-order chi connectivity index (χ1) is 10.1. The molecule has 1 aliphatic carbocycles. The molecule has 0 radical (unpaired) electrons. The number of hydrogen-bond donors (Lipinski definition) is 0. The van der Waals surface area contributed by atoms with E-state index in [-0.39, 0.29) is 11.3 Å². The van der Waals surface area contributed by atoms with Gasteiger partial charge in [-0.25, -0.2) is 17.6 Å². The monoisotopic (exact) mass is 316 g/mol. The summed E-state index contributed by atoms with van der Waals surface area (Å²) in [5.41, 5.74) is -2.03. The van der Waals surface area contributed by atoms with Crippen molar-refractivity contribution in [2.45, 2.75) is 27.4 Å². The number of hydrogen-bond acceptors (Lipinski definition) is 2. The molecule has 1 aromatic rings. The minimum absolute atomic E-state index is 0.0961. The molecule has 0 amide bonds. The summed E-state index contributed by atoms with van der Waals surface area (Å²) in [6.45, 7) is 7.33. The van der Waals surface area contributed by atoms with Crippen molar-refractivity contribution in [2.75, 3.05) is 0 Å². The van der Waals surface area contributed by atoms with Gasteiger partial charge in [0.05, 0.1) is 11.5 Å². The van der Waals surface area contributed by atoms with E-state index in [1.165, 1.54) is 0 Å². The van der Waals surface area contributed by atoms with Gasteiger partial charge in [0.15, 0.2) is 23.3 Å². The maximum atomic E-state index is 13.7. The lowest BCUT2D eigenvalue weighted by atomic mass is 10.1. The van der Waals surface area contributed by atoms with Crippen LogP contribution in [-0.4, -0.2) is 5.97 Å². The van der Waals surface area contributed by atoms with Gasteiger partial charge in [-0.3, -0.25) is 4.79 Å². The predicted octanol–water partition coefficient (Wildman–Crippen LogP) is 4.05. The highest BCUT2D eigenvalue weighted by Crippen LogP contribution is 2.59. The van der Waals surface area contributed by atoms with Crippen LogP contribution in [0.1, 0.15) is 25.0 Å². The number of carbonyl (C=O) groups excluding carboxylic acids is 1. The standard InChI is InChI=1S/C16H16F4O2/c1-5-9-10(16(9,3)4)15(21)22-6-8-13(19)11(17)7(2)12(18)14(8)20/h5,9-10H,1,6H2,2-4H3. The second kappa shape index (κ2) is 5.41. The van der Waals surface area contributed by atoms with Crippen molar-refractivity contribution >= 4 is 5.97 Å². The van der Waals surface area contributed by atoms with Crippen LogP contribution in [0.2, 0.25) is 0 Å². The van der Waals surface area contributed by atoms with Gasteiger partial charge in [0.25, 0.3) is 0 Å². The molecule has 22 heavy (non-hydrogen) atoms. The molecule has 2 rings (SSSR count). The molecular weight excluding hydrogens is 300 g/mol. The Hall–Kier alpha value is -1.85. The normalized spacial score (nSPS) is 22.3. The highest BCUT2D eigenvalue weighted by atomic mass is 19.2. The molecule has 0 heterocycles. The Balaban J connectivity index is 2.17. The smallest absolute Gasteiger partial charge is 0.310 e. The van der Waals surface area contributed by atoms with E-state index in [1.807, 2.05) is 13.8 Å². The lowest BCUT2D eigenvalue weighted by Crippen LogP contribution is -2.14. The minimum Gasteiger partial charge on any atom is -0.460 e. The first-order valence-corrected chi connectivity index (χ1v) is 6.75. The maximum Gasteiger partial charge on any atom is 0.310 e. The summed E-state index contributed by atoms with van der Waals surface area (Å²) >= 11 is 0. The van der Waals surface area contributed by atoms with Gasteiger partial charge in [-0.2, -0.15) is 0 Å². The third-order valence-electron chi connectivity index (χ3n) is 4.35. The van der Waals surface area contributed by atoms with Gasteiger partial charge in [-0.15, -0.1) is 6.58 Å². The van der Waals surface area contributed by atoms with Crippen LogP contribution in [0.4, 0.5) is 17.6 Å². The number of benzene rings is 1. The Morgan fingerprint density at radius 1 is 1.18 bits per heavy atom. The number of esters is 1. The van der Waals surface area contributed by atoms with Crippen molar-refractivity contribution in [3.63, 3.8) is 0 Å². The zero-order valence-electron chi connectivity index (χ0n) is 12.5. The van der Waals surface area contributed by atoms with Crippen LogP contribution in [0.5, 0.6) is 0 Å². The summed E-state index contributed by atoms with van der Waals surface area (Å²) in [5, 5.41) is 0. The van der Waals surface area contributed by atoms with E-state index in [4.69, 9.17) is 4.74 Å². The first kappa shape index (κ1) is 16.5. The summed E-state index contributed by atoms with van der Waals surface area (Å²) in [4.78, 5) is 11.9. The summed E-state index contributed by atoms with van der Waals surface area (Å²) in [5.74, 6) is -7.30. The van der Waals surface area contributed by atoms with Gasteiger partial charge >= 0.3 is 5.97 Å². The molecule has 2 atom stereocenters. The van der Waals surface area contributed by atoms with Crippen LogP contribution in [-0.2, 0) is 16.1 Å². The zero-order valence-corrected chi connectivity index (χ0v) is 12.5. The van der Waals surface area contributed by atoms with Gasteiger partial charge in [-0.05, 0) is 18.3 Å². The largest absolute Gasteiger partial charge is 0.460 e. The first-order valence-electron chi connectivity index (χ1n) is 6.75. The molecule has 0 saturated heterocycles. The second-order valence-electron chi connectivity index (χ2n) is 6.03. The third kappa shape index (κ3) is 2.40. The van der Waals surface area contributed by atoms with E-state index in [1.54, 1.807) is 6.08 Å². The zero-order chi connectivity index (χ0) is 16.8. The lowest BCUT2D eigenvalue weighted by molar-refractivity contribution is -0.147. The van der Waals surface area contributed by atoms with Crippen molar-refractivity contribution in [1.82, 2.24) is 0 Å². The number of allylic oxidation sites excluding steroid dienone is 1. The Bertz CT molecular complexity index is 623. The van der Waals surface area contributed by atoms with E-state index in [2.05, 4.69) is 6.58 Å². The minimum atomic E-state index is -1.54. The van der Waals surface area contributed by atoms with Crippen LogP contribution >= 0.6 is 0 Å². The van der Waals surface area contributed by atoms with Gasteiger partial charge < -0.3 is 4.74 Å². The van der Waals surface area contributed by atoms with Crippen LogP contribution in [0.25, 0.3) is 0 Å². The molecule has 120 valence electrons.